The van der Waals surface area contributed by atoms with Crippen molar-refractivity contribution in [3.63, 3.8) is 0 Å². The molecule has 0 unspecified atom stereocenters. The number of carboxylic acid groups (broad SMARTS) is 1. The highest BCUT2D eigenvalue weighted by Gasteiger charge is 2.61. The molecular formula is C43H72N2O34. The Morgan fingerprint density at radius 2 is 0.987 bits per heavy atom. The number of carboxylic acids is 1. The fourth-order valence-electron chi connectivity index (χ4n) is 9.93. The number of rotatable bonds is 21. The van der Waals surface area contributed by atoms with E-state index < -0.39 is 254 Å². The first-order valence-electron chi connectivity index (χ1n) is 24.7. The smallest absolute Gasteiger partial charge is 0.364 e. The van der Waals surface area contributed by atoms with Crippen molar-refractivity contribution in [2.24, 2.45) is 0 Å². The number of aliphatic carboxylic acids is 1. The van der Waals surface area contributed by atoms with Crippen LogP contribution in [-0.4, -0.2) is 349 Å². The molecule has 0 aromatic heterocycles. The van der Waals surface area contributed by atoms with Crippen LogP contribution in [0, 0.1) is 0 Å². The highest BCUT2D eigenvalue weighted by molar-refractivity contribution is 5.76. The van der Waals surface area contributed by atoms with Crippen molar-refractivity contribution in [2.45, 2.75) is 210 Å². The third-order valence-corrected chi connectivity index (χ3v) is 14.2. The summed E-state index contributed by atoms with van der Waals surface area (Å²) in [5.74, 6) is -7.07. The standard InChI is InChI=1S/C43H72N2O34/c1-10(51)44-19-12(53)3-43(42(67)68,78-35(19)21(55)13(54)4-46)79-36-23(57)15(6-48)72-41(31(36)65)76-32-17(8-50)73-38(20(24(32)58)45-11(2)52)75-34-18(9-69-39-29(63)25(59)22(56)14(5-47)71-39)74-40(30(64)27(34)61)77-33-16(7-49)70-37(66)28(62)26(33)60/h12-41,46-50,53-66H,3-9H2,1-2H3,(H,44,51)(H,45,52)(H,67,68)/t12-,13+,14+,15+,16+,17+,18+,19+,20+,21+,22-,23-,24+,25-,26+,27+,28+,29+,30+,31+,32+,33+,34-,35+,36-,37+,38-,39+,40-,41-,43-/m0/s1. The van der Waals surface area contributed by atoms with Gasteiger partial charge in [0.15, 0.2) is 31.5 Å². The Morgan fingerprint density at radius 3 is 1.56 bits per heavy atom. The Morgan fingerprint density at radius 1 is 0.519 bits per heavy atom. The minimum absolute atomic E-state index is 0.832. The second kappa shape index (κ2) is 27.7. The molecule has 6 fully saturated rings. The SMILES string of the molecule is CC(=O)N[C@H]1[C@H](O[C@@H]2[C@H](O)[C@@H](O)[C@H](O[C@H]3[C@H](O)[C@@H](O)[C@H](O)O[C@@H]3CO)O[C@@H]2CO[C@@H]2O[C@H](CO)[C@H](O)[C@H](O)[C@H]2O)O[C@H](CO)[C@@H](O[C@@H]2O[C@H](CO)[C@H](O)[C@H](O[C@]3(C(=O)O)C[C@H](O)[C@@H](NC(C)=O)[C@H]([C@H](O)[C@H](O)CO)O3)[C@H]2O)[C@@H]1O. The lowest BCUT2D eigenvalue weighted by molar-refractivity contribution is -0.391. The molecule has 6 aliphatic rings. The molecule has 0 bridgehead atoms. The van der Waals surface area contributed by atoms with Crippen molar-refractivity contribution < 1.29 is 169 Å². The summed E-state index contributed by atoms with van der Waals surface area (Å²) >= 11 is 0. The zero-order chi connectivity index (χ0) is 58.7. The van der Waals surface area contributed by atoms with Gasteiger partial charge in [0.05, 0.1) is 51.8 Å². The maximum absolute atomic E-state index is 13.0. The van der Waals surface area contributed by atoms with E-state index in [9.17, 15) is 117 Å². The van der Waals surface area contributed by atoms with Crippen LogP contribution in [0.1, 0.15) is 20.3 Å². The molecule has 36 nitrogen and oxygen atoms in total. The number of hydrogen-bond acceptors (Lipinski definition) is 33. The zero-order valence-corrected chi connectivity index (χ0v) is 41.9. The Kier molecular flexibility index (Phi) is 22.9. The van der Waals surface area contributed by atoms with Crippen LogP contribution in [-0.2, 0) is 66.5 Å². The van der Waals surface area contributed by atoms with Crippen LogP contribution in [0.15, 0.2) is 0 Å². The van der Waals surface area contributed by atoms with E-state index in [4.69, 9.17) is 52.1 Å². The summed E-state index contributed by atoms with van der Waals surface area (Å²) in [6.07, 6.45) is -58.3. The molecule has 0 spiro atoms. The number of amides is 2. The quantitative estimate of drug-likeness (QED) is 0.0507. The first kappa shape index (κ1) is 65.4. The van der Waals surface area contributed by atoms with Gasteiger partial charge in [0.2, 0.25) is 11.8 Å². The maximum atomic E-state index is 13.0. The van der Waals surface area contributed by atoms with Crippen LogP contribution in [0.5, 0.6) is 0 Å². The van der Waals surface area contributed by atoms with Gasteiger partial charge in [0, 0.05) is 20.3 Å². The van der Waals surface area contributed by atoms with Gasteiger partial charge in [-0.15, -0.1) is 0 Å². The summed E-state index contributed by atoms with van der Waals surface area (Å²) in [7, 11) is 0. The van der Waals surface area contributed by atoms with Gasteiger partial charge in [-0.1, -0.05) is 0 Å². The molecular weight excluding hydrogens is 1090 g/mol. The molecule has 22 N–H and O–H groups in total. The topological polar surface area (TPSA) is 581 Å². The molecule has 31 atom stereocenters. The summed E-state index contributed by atoms with van der Waals surface area (Å²) < 4.78 is 62.5. The van der Waals surface area contributed by atoms with Gasteiger partial charge in [-0.2, -0.15) is 0 Å². The van der Waals surface area contributed by atoms with E-state index in [1.165, 1.54) is 0 Å². The van der Waals surface area contributed by atoms with Crippen molar-refractivity contribution in [1.82, 2.24) is 10.6 Å². The minimum Gasteiger partial charge on any atom is -0.477 e. The second-order valence-electron chi connectivity index (χ2n) is 19.7. The highest BCUT2D eigenvalue weighted by Crippen LogP contribution is 2.40. The third kappa shape index (κ3) is 14.1. The van der Waals surface area contributed by atoms with E-state index in [1.807, 2.05) is 0 Å². The van der Waals surface area contributed by atoms with Crippen LogP contribution in [0.3, 0.4) is 0 Å². The summed E-state index contributed by atoms with van der Waals surface area (Å²) in [4.78, 5) is 37.8. The van der Waals surface area contributed by atoms with Crippen LogP contribution in [0.2, 0.25) is 0 Å². The van der Waals surface area contributed by atoms with Gasteiger partial charge in [-0.3, -0.25) is 9.59 Å². The third-order valence-electron chi connectivity index (χ3n) is 14.2. The van der Waals surface area contributed by atoms with Crippen molar-refractivity contribution in [2.75, 3.05) is 39.6 Å². The van der Waals surface area contributed by atoms with Gasteiger partial charge in [-0.05, 0) is 0 Å². The molecule has 6 saturated heterocycles. The molecule has 0 saturated carbocycles. The number of aliphatic hydroxyl groups excluding tert-OH is 19. The van der Waals surface area contributed by atoms with Gasteiger partial charge in [0.25, 0.3) is 5.79 Å². The first-order chi connectivity index (χ1) is 37.2. The van der Waals surface area contributed by atoms with E-state index in [1.54, 1.807) is 0 Å². The number of aliphatic hydroxyl groups is 19. The number of carbonyl (C=O) groups is 3. The van der Waals surface area contributed by atoms with Crippen molar-refractivity contribution in [3.8, 4) is 0 Å². The Balaban J connectivity index is 1.27. The van der Waals surface area contributed by atoms with Gasteiger partial charge in [-0.25, -0.2) is 4.79 Å². The zero-order valence-electron chi connectivity index (χ0n) is 41.9. The number of nitrogens with one attached hydrogen (secondary N) is 2. The molecule has 79 heavy (non-hydrogen) atoms. The van der Waals surface area contributed by atoms with Crippen molar-refractivity contribution >= 4 is 17.8 Å². The van der Waals surface area contributed by atoms with Crippen LogP contribution in [0.4, 0.5) is 0 Å². The molecule has 36 heteroatoms. The average Bonchev–Trinajstić information content (AvgIpc) is 3.55. The maximum Gasteiger partial charge on any atom is 0.364 e. The van der Waals surface area contributed by atoms with Gasteiger partial charge in [0.1, 0.15) is 140 Å². The van der Waals surface area contributed by atoms with Gasteiger partial charge < -0.3 is 165 Å². The largest absolute Gasteiger partial charge is 0.477 e. The summed E-state index contributed by atoms with van der Waals surface area (Å²) in [6, 6.07) is -3.59. The fourth-order valence-corrected chi connectivity index (χ4v) is 9.93. The molecule has 6 rings (SSSR count). The number of carbonyl (C=O) groups excluding carboxylic acids is 2. The van der Waals surface area contributed by atoms with Crippen molar-refractivity contribution in [3.05, 3.63) is 0 Å². The summed E-state index contributed by atoms with van der Waals surface area (Å²) in [6.45, 7) is -4.34. The predicted octanol–water partition coefficient (Wildman–Crippen LogP) is -14.6. The van der Waals surface area contributed by atoms with Gasteiger partial charge >= 0.3 is 5.97 Å². The molecule has 6 aliphatic heterocycles. The van der Waals surface area contributed by atoms with E-state index >= 15 is 0 Å². The Hall–Kier alpha value is -2.79. The lowest BCUT2D eigenvalue weighted by Crippen LogP contribution is -2.71. The second-order valence-corrected chi connectivity index (χ2v) is 19.7. The Bertz CT molecular complexity index is 1970. The van der Waals surface area contributed by atoms with E-state index in [0.29, 0.717) is 0 Å². The van der Waals surface area contributed by atoms with Crippen LogP contribution < -0.4 is 10.6 Å². The molecule has 2 amide bonds. The number of ether oxygens (including phenoxy) is 11. The monoisotopic (exact) mass is 1160 g/mol. The van der Waals surface area contributed by atoms with E-state index in [0.717, 1.165) is 13.8 Å². The molecule has 0 radical (unpaired) electrons. The molecule has 458 valence electrons. The molecule has 6 heterocycles. The minimum atomic E-state index is -3.21. The molecule has 0 aromatic carbocycles. The van der Waals surface area contributed by atoms with Crippen molar-refractivity contribution in [1.29, 1.82) is 0 Å². The highest BCUT2D eigenvalue weighted by atomic mass is 16.8. The van der Waals surface area contributed by atoms with Crippen LogP contribution in [0.25, 0.3) is 0 Å². The molecule has 0 aromatic rings. The first-order valence-corrected chi connectivity index (χ1v) is 24.7. The lowest BCUT2D eigenvalue weighted by Gasteiger charge is -2.51. The van der Waals surface area contributed by atoms with E-state index in [2.05, 4.69) is 10.6 Å². The predicted molar refractivity (Wildman–Crippen MR) is 240 cm³/mol. The number of hydrogen-bond donors (Lipinski definition) is 22. The molecule has 0 aliphatic carbocycles. The Labute approximate surface area is 446 Å². The lowest BCUT2D eigenvalue weighted by atomic mass is 9.88. The average molecular weight is 1160 g/mol. The van der Waals surface area contributed by atoms with E-state index in [-0.39, 0.29) is 0 Å². The van der Waals surface area contributed by atoms with Crippen LogP contribution >= 0.6 is 0 Å². The fraction of sp³-hybridized carbons (Fsp3) is 0.930. The summed E-state index contributed by atoms with van der Waals surface area (Å²) in [5, 5.41) is 218. The summed E-state index contributed by atoms with van der Waals surface area (Å²) in [5.41, 5.74) is 0. The normalized spacial score (nSPS) is 47.7.